The summed E-state index contributed by atoms with van der Waals surface area (Å²) in [7, 11) is 1.23. The lowest BCUT2D eigenvalue weighted by Crippen LogP contribution is -2.42. The lowest BCUT2D eigenvalue weighted by Gasteiger charge is -2.13. The Balaban J connectivity index is 3.00. The molecular formula is C11H11F2NO4. The van der Waals surface area contributed by atoms with Crippen molar-refractivity contribution in [3.05, 3.63) is 29.6 Å². The second-order valence-electron chi connectivity index (χ2n) is 3.34. The number of benzene rings is 1. The number of carboxylic acids is 1. The van der Waals surface area contributed by atoms with Crippen LogP contribution in [0, 0.1) is 5.82 Å². The van der Waals surface area contributed by atoms with E-state index < -0.39 is 36.0 Å². The Labute approximate surface area is 101 Å². The molecule has 0 aliphatic rings. The van der Waals surface area contributed by atoms with Crippen LogP contribution in [0.3, 0.4) is 0 Å². The molecule has 0 saturated carbocycles. The fourth-order valence-electron chi connectivity index (χ4n) is 1.29. The number of rotatable bonds is 5. The maximum Gasteiger partial charge on any atom is 0.328 e. The van der Waals surface area contributed by atoms with Crippen LogP contribution in [0.5, 0.6) is 5.75 Å². The first kappa shape index (κ1) is 13.9. The summed E-state index contributed by atoms with van der Waals surface area (Å²) in [5, 5.41) is 10.4. The number of carbonyl (C=O) groups is 2. The molecule has 0 aromatic heterocycles. The SMILES string of the molecule is COc1cccc(F)c1C(=O)NC(CF)C(=O)O. The van der Waals surface area contributed by atoms with Crippen molar-refractivity contribution in [1.82, 2.24) is 5.32 Å². The molecule has 1 aromatic carbocycles. The zero-order valence-electron chi connectivity index (χ0n) is 9.44. The van der Waals surface area contributed by atoms with Gasteiger partial charge in [-0.05, 0) is 12.1 Å². The van der Waals surface area contributed by atoms with Crippen molar-refractivity contribution in [2.75, 3.05) is 13.8 Å². The number of alkyl halides is 1. The Morgan fingerprint density at radius 2 is 2.17 bits per heavy atom. The van der Waals surface area contributed by atoms with Crippen molar-refractivity contribution in [3.8, 4) is 5.75 Å². The standard InChI is InChI=1S/C11H11F2NO4/c1-18-8-4-2-3-6(13)9(8)10(15)14-7(5-12)11(16)17/h2-4,7H,5H2,1H3,(H,14,15)(H,16,17). The number of amides is 1. The minimum atomic E-state index is -1.72. The highest BCUT2D eigenvalue weighted by molar-refractivity contribution is 5.99. The van der Waals surface area contributed by atoms with E-state index in [2.05, 4.69) is 0 Å². The molecule has 0 heterocycles. The van der Waals surface area contributed by atoms with Crippen molar-refractivity contribution in [1.29, 1.82) is 0 Å². The Bertz CT molecular complexity index is 464. The zero-order valence-corrected chi connectivity index (χ0v) is 9.44. The second kappa shape index (κ2) is 5.95. The smallest absolute Gasteiger partial charge is 0.328 e. The van der Waals surface area contributed by atoms with E-state index in [0.29, 0.717) is 0 Å². The molecule has 0 radical (unpaired) electrons. The van der Waals surface area contributed by atoms with Crippen LogP contribution in [0.2, 0.25) is 0 Å². The van der Waals surface area contributed by atoms with Gasteiger partial charge in [-0.25, -0.2) is 13.6 Å². The molecule has 18 heavy (non-hydrogen) atoms. The first-order valence-electron chi connectivity index (χ1n) is 4.93. The summed E-state index contributed by atoms with van der Waals surface area (Å²) in [6.45, 7) is -1.29. The number of carbonyl (C=O) groups excluding carboxylic acids is 1. The van der Waals surface area contributed by atoms with Gasteiger partial charge in [0.05, 0.1) is 7.11 Å². The molecule has 0 saturated heterocycles. The molecular weight excluding hydrogens is 248 g/mol. The van der Waals surface area contributed by atoms with Gasteiger partial charge in [0.2, 0.25) is 0 Å². The van der Waals surface area contributed by atoms with Crippen molar-refractivity contribution >= 4 is 11.9 Å². The molecule has 1 amide bonds. The van der Waals surface area contributed by atoms with Crippen molar-refractivity contribution in [2.45, 2.75) is 6.04 Å². The first-order chi connectivity index (χ1) is 8.51. The number of hydrogen-bond acceptors (Lipinski definition) is 3. The second-order valence-corrected chi connectivity index (χ2v) is 3.34. The van der Waals surface area contributed by atoms with Crippen LogP contribution in [0.25, 0.3) is 0 Å². The topological polar surface area (TPSA) is 75.6 Å². The van der Waals surface area contributed by atoms with Gasteiger partial charge in [0.15, 0.2) is 6.04 Å². The van der Waals surface area contributed by atoms with Gasteiger partial charge < -0.3 is 15.2 Å². The van der Waals surface area contributed by atoms with Crippen LogP contribution >= 0.6 is 0 Å². The van der Waals surface area contributed by atoms with E-state index in [-0.39, 0.29) is 5.75 Å². The van der Waals surface area contributed by atoms with Gasteiger partial charge in [0, 0.05) is 0 Å². The van der Waals surface area contributed by atoms with Crippen LogP contribution in [0.15, 0.2) is 18.2 Å². The molecule has 0 aliphatic carbocycles. The molecule has 0 fully saturated rings. The average molecular weight is 259 g/mol. The van der Waals surface area contributed by atoms with Crippen LogP contribution in [0.1, 0.15) is 10.4 Å². The van der Waals surface area contributed by atoms with E-state index in [1.54, 1.807) is 0 Å². The number of aliphatic carboxylic acids is 1. The highest BCUT2D eigenvalue weighted by Gasteiger charge is 2.24. The van der Waals surface area contributed by atoms with Gasteiger partial charge in [0.25, 0.3) is 5.91 Å². The predicted octanol–water partition coefficient (Wildman–Crippen LogP) is 0.987. The summed E-state index contributed by atoms with van der Waals surface area (Å²) in [5.74, 6) is -3.53. The van der Waals surface area contributed by atoms with Gasteiger partial charge >= 0.3 is 5.97 Å². The predicted molar refractivity (Wildman–Crippen MR) is 57.8 cm³/mol. The largest absolute Gasteiger partial charge is 0.496 e. The summed E-state index contributed by atoms with van der Waals surface area (Å²) < 4.78 is 30.6. The van der Waals surface area contributed by atoms with Gasteiger partial charge in [0.1, 0.15) is 23.8 Å². The van der Waals surface area contributed by atoms with Crippen molar-refractivity contribution in [2.24, 2.45) is 0 Å². The van der Waals surface area contributed by atoms with Crippen LogP contribution in [-0.4, -0.2) is 36.8 Å². The van der Waals surface area contributed by atoms with Crippen molar-refractivity contribution in [3.63, 3.8) is 0 Å². The molecule has 1 atom stereocenters. The summed E-state index contributed by atoms with van der Waals surface area (Å²) in [4.78, 5) is 22.2. The molecule has 98 valence electrons. The van der Waals surface area contributed by atoms with E-state index in [4.69, 9.17) is 9.84 Å². The third kappa shape index (κ3) is 2.93. The third-order valence-electron chi connectivity index (χ3n) is 2.18. The molecule has 0 spiro atoms. The minimum absolute atomic E-state index is 0.0597. The highest BCUT2D eigenvalue weighted by Crippen LogP contribution is 2.20. The molecule has 0 bridgehead atoms. The lowest BCUT2D eigenvalue weighted by molar-refractivity contribution is -0.139. The maximum absolute atomic E-state index is 13.5. The fraction of sp³-hybridized carbons (Fsp3) is 0.273. The molecule has 1 unspecified atom stereocenters. The number of carboxylic acid groups (broad SMARTS) is 1. The molecule has 0 aliphatic heterocycles. The van der Waals surface area contributed by atoms with E-state index >= 15 is 0 Å². The number of halogens is 2. The summed E-state index contributed by atoms with van der Waals surface area (Å²) in [6, 6.07) is 1.96. The quantitative estimate of drug-likeness (QED) is 0.826. The lowest BCUT2D eigenvalue weighted by atomic mass is 10.1. The van der Waals surface area contributed by atoms with E-state index in [1.165, 1.54) is 19.2 Å². The molecule has 2 N–H and O–H groups in total. The first-order valence-corrected chi connectivity index (χ1v) is 4.93. The summed E-state index contributed by atoms with van der Waals surface area (Å²) >= 11 is 0. The Morgan fingerprint density at radius 3 is 2.67 bits per heavy atom. The Hall–Kier alpha value is -2.18. The summed E-state index contributed by atoms with van der Waals surface area (Å²) in [6.07, 6.45) is 0. The minimum Gasteiger partial charge on any atom is -0.496 e. The summed E-state index contributed by atoms with van der Waals surface area (Å²) in [5.41, 5.74) is -0.459. The van der Waals surface area contributed by atoms with E-state index in [0.717, 1.165) is 6.07 Å². The number of nitrogens with one attached hydrogen (secondary N) is 1. The van der Waals surface area contributed by atoms with Gasteiger partial charge in [-0.1, -0.05) is 6.07 Å². The molecule has 7 heteroatoms. The number of methoxy groups -OCH3 is 1. The third-order valence-corrected chi connectivity index (χ3v) is 2.18. The molecule has 1 rings (SSSR count). The van der Waals surface area contributed by atoms with Crippen LogP contribution in [0.4, 0.5) is 8.78 Å². The number of ether oxygens (including phenoxy) is 1. The normalized spacial score (nSPS) is 11.7. The Morgan fingerprint density at radius 1 is 1.50 bits per heavy atom. The monoisotopic (exact) mass is 259 g/mol. The zero-order chi connectivity index (χ0) is 13.7. The van der Waals surface area contributed by atoms with Gasteiger partial charge in [-0.15, -0.1) is 0 Å². The number of hydrogen-bond donors (Lipinski definition) is 2. The average Bonchev–Trinajstić information content (AvgIpc) is 2.34. The van der Waals surface area contributed by atoms with Crippen molar-refractivity contribution < 1.29 is 28.2 Å². The van der Waals surface area contributed by atoms with E-state index in [1.807, 2.05) is 5.32 Å². The van der Waals surface area contributed by atoms with Crippen LogP contribution < -0.4 is 10.1 Å². The Kier molecular flexibility index (Phi) is 4.59. The molecule has 1 aromatic rings. The highest BCUT2D eigenvalue weighted by atomic mass is 19.1. The molecule has 5 nitrogen and oxygen atoms in total. The fourth-order valence-corrected chi connectivity index (χ4v) is 1.29. The maximum atomic E-state index is 13.5. The van der Waals surface area contributed by atoms with Gasteiger partial charge in [-0.3, -0.25) is 4.79 Å². The van der Waals surface area contributed by atoms with Crippen LogP contribution in [-0.2, 0) is 4.79 Å². The van der Waals surface area contributed by atoms with E-state index in [9.17, 15) is 18.4 Å². The van der Waals surface area contributed by atoms with Gasteiger partial charge in [-0.2, -0.15) is 0 Å².